The summed E-state index contributed by atoms with van der Waals surface area (Å²) in [6.07, 6.45) is 0.337. The number of carbonyl (C=O) groups is 1. The topological polar surface area (TPSA) is 94.0 Å². The van der Waals surface area contributed by atoms with Crippen molar-refractivity contribution in [2.75, 3.05) is 6.54 Å². The van der Waals surface area contributed by atoms with Crippen LogP contribution in [0.2, 0.25) is 5.02 Å². The van der Waals surface area contributed by atoms with Crippen molar-refractivity contribution in [1.29, 1.82) is 0 Å². The van der Waals surface area contributed by atoms with Gasteiger partial charge in [0.25, 0.3) is 0 Å². The lowest BCUT2D eigenvalue weighted by Crippen LogP contribution is -2.14. The molecule has 0 spiro atoms. The Balaban J connectivity index is 2.32. The Labute approximate surface area is 119 Å². The Morgan fingerprint density at radius 3 is 2.85 bits per heavy atom. The Kier molecular flexibility index (Phi) is 4.31. The number of aromatic carboxylic acids is 1. The second kappa shape index (κ2) is 5.98. The number of hydrogen-bond donors (Lipinski definition) is 2. The highest BCUT2D eigenvalue weighted by molar-refractivity contribution is 6.30. The van der Waals surface area contributed by atoms with Gasteiger partial charge in [0.15, 0.2) is 5.69 Å². The molecule has 0 unspecified atom stereocenters. The maximum Gasteiger partial charge on any atom is 0.358 e. The lowest BCUT2D eigenvalue weighted by atomic mass is 10.2. The van der Waals surface area contributed by atoms with E-state index in [2.05, 4.69) is 10.3 Å². The maximum absolute atomic E-state index is 13.1. The van der Waals surface area contributed by atoms with Gasteiger partial charge >= 0.3 is 5.97 Å². The summed E-state index contributed by atoms with van der Waals surface area (Å²) in [6, 6.07) is 4.26. The van der Waals surface area contributed by atoms with Gasteiger partial charge in [-0.2, -0.15) is 0 Å². The molecular weight excluding hydrogens is 287 g/mol. The minimum Gasteiger partial charge on any atom is -0.476 e. The average Bonchev–Trinajstić information content (AvgIpc) is 2.78. The first-order chi connectivity index (χ1) is 9.52. The molecule has 3 N–H and O–H groups in total. The molecule has 106 valence electrons. The van der Waals surface area contributed by atoms with Crippen molar-refractivity contribution in [2.45, 2.75) is 13.0 Å². The molecular formula is C12H12ClFN4O2. The molecule has 0 fully saturated rings. The van der Waals surface area contributed by atoms with Crippen molar-refractivity contribution in [3.8, 4) is 0 Å². The van der Waals surface area contributed by atoms with Gasteiger partial charge in [-0.1, -0.05) is 22.9 Å². The molecule has 0 saturated heterocycles. The van der Waals surface area contributed by atoms with Crippen LogP contribution in [0.5, 0.6) is 0 Å². The third-order valence-corrected chi connectivity index (χ3v) is 3.03. The first kappa shape index (κ1) is 14.4. The maximum atomic E-state index is 13.1. The van der Waals surface area contributed by atoms with Crippen molar-refractivity contribution in [2.24, 2.45) is 5.73 Å². The fourth-order valence-corrected chi connectivity index (χ4v) is 2.02. The number of benzene rings is 1. The highest BCUT2D eigenvalue weighted by Gasteiger charge is 2.18. The average molecular weight is 299 g/mol. The van der Waals surface area contributed by atoms with Crippen LogP contribution in [0.25, 0.3) is 0 Å². The van der Waals surface area contributed by atoms with E-state index in [0.29, 0.717) is 17.7 Å². The van der Waals surface area contributed by atoms with Gasteiger partial charge in [-0.25, -0.2) is 13.9 Å². The predicted molar refractivity (Wildman–Crippen MR) is 70.3 cm³/mol. The van der Waals surface area contributed by atoms with Crippen LogP contribution in [0, 0.1) is 5.82 Å². The summed E-state index contributed by atoms with van der Waals surface area (Å²) in [6.45, 7) is 0.521. The molecule has 0 atom stereocenters. The van der Waals surface area contributed by atoms with Gasteiger partial charge in [0.2, 0.25) is 0 Å². The van der Waals surface area contributed by atoms with Crippen LogP contribution in [0.15, 0.2) is 18.2 Å². The molecule has 0 radical (unpaired) electrons. The van der Waals surface area contributed by atoms with Crippen LogP contribution >= 0.6 is 11.6 Å². The van der Waals surface area contributed by atoms with Gasteiger partial charge in [-0.15, -0.1) is 5.10 Å². The van der Waals surface area contributed by atoms with Crippen molar-refractivity contribution >= 4 is 17.6 Å². The number of carboxylic acid groups (broad SMARTS) is 1. The minimum atomic E-state index is -1.16. The lowest BCUT2D eigenvalue weighted by Gasteiger charge is -2.07. The van der Waals surface area contributed by atoms with Gasteiger partial charge in [0.05, 0.1) is 17.3 Å². The third kappa shape index (κ3) is 2.94. The zero-order chi connectivity index (χ0) is 14.7. The van der Waals surface area contributed by atoms with Crippen molar-refractivity contribution in [3.05, 3.63) is 46.0 Å². The van der Waals surface area contributed by atoms with E-state index < -0.39 is 11.8 Å². The predicted octanol–water partition coefficient (Wildman–Crippen LogP) is 1.32. The number of hydrogen-bond acceptors (Lipinski definition) is 4. The number of halogens is 2. The van der Waals surface area contributed by atoms with E-state index in [1.54, 1.807) is 6.07 Å². The zero-order valence-corrected chi connectivity index (χ0v) is 11.1. The molecule has 0 aliphatic carbocycles. The van der Waals surface area contributed by atoms with Crippen LogP contribution < -0.4 is 5.73 Å². The van der Waals surface area contributed by atoms with Crippen molar-refractivity contribution in [3.63, 3.8) is 0 Å². The second-order valence-electron chi connectivity index (χ2n) is 4.13. The summed E-state index contributed by atoms with van der Waals surface area (Å²) in [4.78, 5) is 11.0. The van der Waals surface area contributed by atoms with Gasteiger partial charge in [-0.3, -0.25) is 0 Å². The molecule has 1 aromatic carbocycles. The van der Waals surface area contributed by atoms with Crippen LogP contribution in [-0.2, 0) is 13.0 Å². The minimum absolute atomic E-state index is 0.00134. The van der Waals surface area contributed by atoms with E-state index in [1.165, 1.54) is 16.8 Å². The van der Waals surface area contributed by atoms with Crippen LogP contribution in [0.1, 0.15) is 21.7 Å². The van der Waals surface area contributed by atoms with Gasteiger partial charge in [0, 0.05) is 6.42 Å². The molecule has 0 aliphatic rings. The van der Waals surface area contributed by atoms with E-state index in [4.69, 9.17) is 22.4 Å². The monoisotopic (exact) mass is 298 g/mol. The third-order valence-electron chi connectivity index (χ3n) is 2.74. The number of nitrogens with two attached hydrogens (primary N) is 1. The quantitative estimate of drug-likeness (QED) is 0.868. The first-order valence-electron chi connectivity index (χ1n) is 5.82. The molecule has 0 amide bonds. The fraction of sp³-hybridized carbons (Fsp3) is 0.250. The molecule has 0 bridgehead atoms. The summed E-state index contributed by atoms with van der Waals surface area (Å²) in [7, 11) is 0. The Morgan fingerprint density at radius 1 is 1.50 bits per heavy atom. The molecule has 8 heteroatoms. The Morgan fingerprint density at radius 2 is 2.25 bits per heavy atom. The molecule has 2 rings (SSSR count). The molecule has 1 heterocycles. The van der Waals surface area contributed by atoms with Crippen LogP contribution in [0.4, 0.5) is 4.39 Å². The van der Waals surface area contributed by atoms with E-state index in [0.717, 1.165) is 0 Å². The Hall–Kier alpha value is -1.99. The summed E-state index contributed by atoms with van der Waals surface area (Å²) >= 11 is 5.70. The number of nitrogens with zero attached hydrogens (tertiary/aromatic N) is 3. The molecule has 0 aliphatic heterocycles. The van der Waals surface area contributed by atoms with Crippen molar-refractivity contribution in [1.82, 2.24) is 15.0 Å². The van der Waals surface area contributed by atoms with Gasteiger partial charge in [0.1, 0.15) is 5.82 Å². The van der Waals surface area contributed by atoms with Gasteiger partial charge < -0.3 is 10.8 Å². The lowest BCUT2D eigenvalue weighted by molar-refractivity contribution is 0.0689. The highest BCUT2D eigenvalue weighted by Crippen LogP contribution is 2.17. The van der Waals surface area contributed by atoms with Crippen molar-refractivity contribution < 1.29 is 14.3 Å². The summed E-state index contributed by atoms with van der Waals surface area (Å²) in [5, 5.41) is 16.4. The highest BCUT2D eigenvalue weighted by atomic mass is 35.5. The molecule has 6 nitrogen and oxygen atoms in total. The summed E-state index contributed by atoms with van der Waals surface area (Å²) in [5.74, 6) is -1.67. The van der Waals surface area contributed by atoms with E-state index in [9.17, 15) is 9.18 Å². The number of aromatic nitrogens is 3. The molecule has 1 aromatic heterocycles. The molecule has 20 heavy (non-hydrogen) atoms. The summed E-state index contributed by atoms with van der Waals surface area (Å²) < 4.78 is 14.5. The number of rotatable bonds is 5. The largest absolute Gasteiger partial charge is 0.476 e. The SMILES string of the molecule is NCCc1c(C(=O)O)nnn1Cc1ccc(F)c(Cl)c1. The number of carboxylic acids is 1. The van der Waals surface area contributed by atoms with E-state index in [1.807, 2.05) is 0 Å². The standard InChI is InChI=1S/C12H12ClFN4O2/c13-8-5-7(1-2-9(8)14)6-18-10(3-4-15)11(12(19)20)16-17-18/h1-2,5H,3-4,6,15H2,(H,19,20). The second-order valence-corrected chi connectivity index (χ2v) is 4.54. The summed E-state index contributed by atoms with van der Waals surface area (Å²) in [5.41, 5.74) is 6.46. The normalized spacial score (nSPS) is 10.8. The van der Waals surface area contributed by atoms with E-state index in [-0.39, 0.29) is 23.8 Å². The smallest absolute Gasteiger partial charge is 0.358 e. The zero-order valence-electron chi connectivity index (χ0n) is 10.4. The Bertz CT molecular complexity index is 644. The first-order valence-corrected chi connectivity index (χ1v) is 6.20. The fourth-order valence-electron chi connectivity index (χ4n) is 1.82. The van der Waals surface area contributed by atoms with Crippen LogP contribution in [0.3, 0.4) is 0 Å². The molecule has 0 saturated carbocycles. The van der Waals surface area contributed by atoms with E-state index >= 15 is 0 Å². The van der Waals surface area contributed by atoms with Crippen LogP contribution in [-0.4, -0.2) is 32.6 Å². The molecule has 2 aromatic rings. The van der Waals surface area contributed by atoms with Gasteiger partial charge in [-0.05, 0) is 24.2 Å².